The average Bonchev–Trinajstić information content (AvgIpc) is 3.26. The Morgan fingerprint density at radius 2 is 2.00 bits per heavy atom. The molecule has 9 nitrogen and oxygen atoms in total. The number of fused-ring (bicyclic) bond motifs is 1. The second-order valence-electron chi connectivity index (χ2n) is 7.62. The minimum atomic E-state index is -1.61. The molecule has 0 aliphatic carbocycles. The van der Waals surface area contributed by atoms with Crippen molar-refractivity contribution in [1.82, 2.24) is 19.5 Å². The molecule has 3 aromatic rings. The second-order valence-corrected chi connectivity index (χ2v) is 7.62. The highest BCUT2D eigenvalue weighted by Crippen LogP contribution is 2.39. The molecule has 29 heavy (non-hydrogen) atoms. The van der Waals surface area contributed by atoms with Crippen molar-refractivity contribution >= 4 is 17.0 Å². The molecule has 0 saturated carbocycles. The van der Waals surface area contributed by atoms with E-state index in [0.717, 1.165) is 0 Å². The van der Waals surface area contributed by atoms with E-state index in [-0.39, 0.29) is 5.92 Å². The zero-order valence-corrected chi connectivity index (χ0v) is 16.3. The Morgan fingerprint density at radius 3 is 2.69 bits per heavy atom. The predicted molar refractivity (Wildman–Crippen MR) is 106 cm³/mol. The van der Waals surface area contributed by atoms with Crippen LogP contribution in [0.2, 0.25) is 0 Å². The van der Waals surface area contributed by atoms with Gasteiger partial charge in [-0.3, -0.25) is 4.57 Å². The number of aliphatic hydroxyl groups excluding tert-OH is 2. The first kappa shape index (κ1) is 19.7. The third-order valence-corrected chi connectivity index (χ3v) is 5.49. The highest BCUT2D eigenvalue weighted by Gasteiger charge is 2.53. The number of anilines is 1. The van der Waals surface area contributed by atoms with Crippen molar-refractivity contribution in [2.24, 2.45) is 0 Å². The molecular weight excluding hydrogens is 374 g/mol. The van der Waals surface area contributed by atoms with E-state index in [1.807, 2.05) is 18.2 Å². The zero-order chi connectivity index (χ0) is 20.6. The lowest BCUT2D eigenvalue weighted by Crippen LogP contribution is -2.44. The van der Waals surface area contributed by atoms with Crippen LogP contribution in [0, 0.1) is 0 Å². The fourth-order valence-electron chi connectivity index (χ4n) is 3.69. The van der Waals surface area contributed by atoms with Gasteiger partial charge < -0.3 is 25.4 Å². The van der Waals surface area contributed by atoms with E-state index in [1.54, 1.807) is 4.57 Å². The fourth-order valence-corrected chi connectivity index (χ4v) is 3.69. The number of hydrogen-bond acceptors (Lipinski definition) is 8. The largest absolute Gasteiger partial charge is 0.394 e. The molecule has 0 bridgehead atoms. The van der Waals surface area contributed by atoms with Crippen LogP contribution in [0.4, 0.5) is 5.82 Å². The van der Waals surface area contributed by atoms with Gasteiger partial charge in [-0.2, -0.15) is 0 Å². The van der Waals surface area contributed by atoms with Gasteiger partial charge in [0.25, 0.3) is 0 Å². The number of nitrogens with one attached hydrogen (secondary N) is 1. The van der Waals surface area contributed by atoms with Gasteiger partial charge in [-0.05, 0) is 18.4 Å². The van der Waals surface area contributed by atoms with Crippen molar-refractivity contribution in [3.8, 4) is 0 Å². The molecule has 0 radical (unpaired) electrons. The number of hydrogen-bond donors (Lipinski definition) is 4. The topological polar surface area (TPSA) is 126 Å². The zero-order valence-electron chi connectivity index (χ0n) is 16.3. The van der Waals surface area contributed by atoms with Crippen molar-refractivity contribution in [3.05, 3.63) is 48.5 Å². The number of nitrogens with zero attached hydrogens (tertiary/aromatic N) is 4. The smallest absolute Gasteiger partial charge is 0.168 e. The average molecular weight is 399 g/mol. The maximum Gasteiger partial charge on any atom is 0.168 e. The molecule has 0 spiro atoms. The second kappa shape index (κ2) is 7.68. The Morgan fingerprint density at radius 1 is 1.24 bits per heavy atom. The van der Waals surface area contributed by atoms with E-state index < -0.39 is 30.6 Å². The molecule has 4 N–H and O–H groups in total. The maximum atomic E-state index is 10.7. The van der Waals surface area contributed by atoms with E-state index in [4.69, 9.17) is 4.74 Å². The number of aromatic nitrogens is 4. The van der Waals surface area contributed by atoms with Gasteiger partial charge in [-0.25, -0.2) is 15.0 Å². The van der Waals surface area contributed by atoms with Gasteiger partial charge in [-0.15, -0.1) is 0 Å². The van der Waals surface area contributed by atoms with Gasteiger partial charge in [-0.1, -0.05) is 37.3 Å². The predicted octanol–water partition coefficient (Wildman–Crippen LogP) is 1.04. The molecule has 1 aliphatic heterocycles. The summed E-state index contributed by atoms with van der Waals surface area (Å²) in [7, 11) is 0. The highest BCUT2D eigenvalue weighted by molar-refractivity contribution is 5.82. The minimum absolute atomic E-state index is 0.266. The first-order valence-electron chi connectivity index (χ1n) is 9.56. The van der Waals surface area contributed by atoms with Crippen LogP contribution >= 0.6 is 0 Å². The van der Waals surface area contributed by atoms with Crippen molar-refractivity contribution in [3.63, 3.8) is 0 Å². The van der Waals surface area contributed by atoms with Gasteiger partial charge >= 0.3 is 0 Å². The van der Waals surface area contributed by atoms with Crippen LogP contribution in [-0.4, -0.2) is 65.8 Å². The molecule has 9 heteroatoms. The van der Waals surface area contributed by atoms with Crippen LogP contribution in [0.3, 0.4) is 0 Å². The standard InChI is InChI=1S/C20H25N5O4/c1-12(13-6-4-3-5-7-13)8-21-17-15-18(23-10-22-17)25(11-24-15)19-20(2,28)16(27)14(9-26)29-19/h3-7,10-12,14,16,19,26-28H,8-9H2,1-2H3,(H,21,22,23)/t12?,14-,16-,19-,20-/m1/s1. The molecule has 154 valence electrons. The van der Waals surface area contributed by atoms with E-state index in [2.05, 4.69) is 39.3 Å². The van der Waals surface area contributed by atoms with Crippen molar-refractivity contribution < 1.29 is 20.1 Å². The van der Waals surface area contributed by atoms with E-state index >= 15 is 0 Å². The van der Waals surface area contributed by atoms with Crippen molar-refractivity contribution in [1.29, 1.82) is 0 Å². The minimum Gasteiger partial charge on any atom is -0.394 e. The quantitative estimate of drug-likeness (QED) is 0.485. The van der Waals surface area contributed by atoms with Gasteiger partial charge in [0.05, 0.1) is 12.9 Å². The Labute approximate surface area is 168 Å². The first-order chi connectivity index (χ1) is 13.9. The Bertz CT molecular complexity index is 977. The van der Waals surface area contributed by atoms with Crippen molar-refractivity contribution in [2.75, 3.05) is 18.5 Å². The SMILES string of the molecule is CC(CNc1ncnc2c1ncn2[C@@H]1O[C@H](CO)[C@@H](O)[C@@]1(C)O)c1ccccc1. The number of ether oxygens (including phenoxy) is 1. The summed E-state index contributed by atoms with van der Waals surface area (Å²) in [5.74, 6) is 0.844. The van der Waals surface area contributed by atoms with Crippen LogP contribution in [0.5, 0.6) is 0 Å². The van der Waals surface area contributed by atoms with Gasteiger partial charge in [0.2, 0.25) is 0 Å². The van der Waals surface area contributed by atoms with Crippen LogP contribution in [0.25, 0.3) is 11.2 Å². The fraction of sp³-hybridized carbons (Fsp3) is 0.450. The molecule has 0 amide bonds. The third-order valence-electron chi connectivity index (χ3n) is 5.49. The van der Waals surface area contributed by atoms with E-state index in [9.17, 15) is 15.3 Å². The Hall–Kier alpha value is -2.59. The summed E-state index contributed by atoms with van der Waals surface area (Å²) in [6.45, 7) is 3.84. The Kier molecular flexibility index (Phi) is 5.22. The molecule has 1 aliphatic rings. The van der Waals surface area contributed by atoms with Crippen LogP contribution in [0.1, 0.15) is 31.6 Å². The molecular formula is C20H25N5O4. The number of imidazole rings is 1. The lowest BCUT2D eigenvalue weighted by molar-refractivity contribution is -0.0950. The first-order valence-corrected chi connectivity index (χ1v) is 9.56. The summed E-state index contributed by atoms with van der Waals surface area (Å²) in [5, 5.41) is 33.7. The van der Waals surface area contributed by atoms with Gasteiger partial charge in [0.1, 0.15) is 24.1 Å². The van der Waals surface area contributed by atoms with Gasteiger partial charge in [0, 0.05) is 6.54 Å². The summed E-state index contributed by atoms with van der Waals surface area (Å²) in [6.07, 6.45) is -0.151. The summed E-state index contributed by atoms with van der Waals surface area (Å²) < 4.78 is 7.24. The number of aliphatic hydroxyl groups is 3. The van der Waals surface area contributed by atoms with E-state index in [1.165, 1.54) is 25.1 Å². The molecule has 1 fully saturated rings. The molecule has 4 rings (SSSR count). The molecule has 1 unspecified atom stereocenters. The normalized spacial score (nSPS) is 28.0. The van der Waals surface area contributed by atoms with Crippen LogP contribution in [0.15, 0.2) is 43.0 Å². The summed E-state index contributed by atoms with van der Waals surface area (Å²) in [5.41, 5.74) is 0.608. The lowest BCUT2D eigenvalue weighted by atomic mass is 9.96. The van der Waals surface area contributed by atoms with Gasteiger partial charge in [0.15, 0.2) is 23.2 Å². The summed E-state index contributed by atoms with van der Waals surface area (Å²) in [6, 6.07) is 10.2. The monoisotopic (exact) mass is 399 g/mol. The summed E-state index contributed by atoms with van der Waals surface area (Å²) in [4.78, 5) is 13.0. The number of benzene rings is 1. The van der Waals surface area contributed by atoms with Crippen LogP contribution < -0.4 is 5.32 Å². The maximum absolute atomic E-state index is 10.7. The molecule has 2 aromatic heterocycles. The molecule has 1 aromatic carbocycles. The third kappa shape index (κ3) is 3.46. The lowest BCUT2D eigenvalue weighted by Gasteiger charge is -2.27. The summed E-state index contributed by atoms with van der Waals surface area (Å²) >= 11 is 0. The molecule has 1 saturated heterocycles. The molecule has 3 heterocycles. The Balaban J connectivity index is 1.59. The van der Waals surface area contributed by atoms with Crippen LogP contribution in [-0.2, 0) is 4.74 Å². The van der Waals surface area contributed by atoms with E-state index in [0.29, 0.717) is 23.5 Å². The van der Waals surface area contributed by atoms with Crippen molar-refractivity contribution in [2.45, 2.75) is 43.8 Å². The molecule has 5 atom stereocenters. The highest BCUT2D eigenvalue weighted by atomic mass is 16.6. The number of rotatable bonds is 6.